The highest BCUT2D eigenvalue weighted by atomic mass is 35.5. The first-order valence-corrected chi connectivity index (χ1v) is 7.20. The van der Waals surface area contributed by atoms with Crippen LogP contribution in [0.3, 0.4) is 0 Å². The van der Waals surface area contributed by atoms with Crippen LogP contribution < -0.4 is 5.32 Å². The number of nitrogens with one attached hydrogen (secondary N) is 1. The Morgan fingerprint density at radius 1 is 1.11 bits per heavy atom. The standard InChI is InChI=1S/C15H20ClNO2/c1-2-3-6-15(19)17-13-9-7-12(8-10-13)14(18)5-4-11-16/h7-10H,2-6,11H2,1H3,(H,17,19). The lowest BCUT2D eigenvalue weighted by atomic mass is 10.1. The molecule has 0 unspecified atom stereocenters. The topological polar surface area (TPSA) is 46.2 Å². The lowest BCUT2D eigenvalue weighted by molar-refractivity contribution is -0.116. The minimum atomic E-state index is 0.0167. The van der Waals surface area contributed by atoms with Crippen LogP contribution in [0.15, 0.2) is 24.3 Å². The summed E-state index contributed by atoms with van der Waals surface area (Å²) < 4.78 is 0. The van der Waals surface area contributed by atoms with E-state index in [-0.39, 0.29) is 11.7 Å². The molecule has 0 spiro atoms. The Morgan fingerprint density at radius 2 is 1.79 bits per heavy atom. The van der Waals surface area contributed by atoms with Gasteiger partial charge in [-0.1, -0.05) is 13.3 Å². The molecule has 0 saturated heterocycles. The van der Waals surface area contributed by atoms with E-state index in [1.54, 1.807) is 24.3 Å². The first-order valence-electron chi connectivity index (χ1n) is 6.66. The summed E-state index contributed by atoms with van der Waals surface area (Å²) >= 11 is 5.56. The van der Waals surface area contributed by atoms with Crippen LogP contribution in [-0.4, -0.2) is 17.6 Å². The molecule has 1 amide bonds. The number of rotatable bonds is 8. The Balaban J connectivity index is 2.51. The number of halogens is 1. The zero-order chi connectivity index (χ0) is 14.1. The van der Waals surface area contributed by atoms with Crippen LogP contribution in [0.5, 0.6) is 0 Å². The van der Waals surface area contributed by atoms with Crippen molar-refractivity contribution in [3.05, 3.63) is 29.8 Å². The van der Waals surface area contributed by atoms with Crippen LogP contribution in [0.4, 0.5) is 5.69 Å². The third kappa shape index (κ3) is 5.88. The maximum atomic E-state index is 11.7. The molecule has 0 bridgehead atoms. The predicted molar refractivity (Wildman–Crippen MR) is 78.9 cm³/mol. The zero-order valence-electron chi connectivity index (χ0n) is 11.2. The molecule has 0 aliphatic rings. The van der Waals surface area contributed by atoms with Crippen molar-refractivity contribution >= 4 is 29.0 Å². The smallest absolute Gasteiger partial charge is 0.224 e. The first kappa shape index (κ1) is 15.7. The molecule has 0 aliphatic heterocycles. The van der Waals surface area contributed by atoms with Crippen LogP contribution in [0.2, 0.25) is 0 Å². The van der Waals surface area contributed by atoms with E-state index in [0.717, 1.165) is 18.5 Å². The van der Waals surface area contributed by atoms with E-state index in [2.05, 4.69) is 12.2 Å². The third-order valence-corrected chi connectivity index (χ3v) is 3.05. The number of carbonyl (C=O) groups is 2. The van der Waals surface area contributed by atoms with Gasteiger partial charge in [-0.2, -0.15) is 0 Å². The van der Waals surface area contributed by atoms with Crippen molar-refractivity contribution in [2.75, 3.05) is 11.2 Å². The monoisotopic (exact) mass is 281 g/mol. The van der Waals surface area contributed by atoms with E-state index in [4.69, 9.17) is 11.6 Å². The number of unbranched alkanes of at least 4 members (excludes halogenated alkanes) is 1. The van der Waals surface area contributed by atoms with E-state index in [1.165, 1.54) is 0 Å². The number of hydrogen-bond donors (Lipinski definition) is 1. The minimum absolute atomic E-state index is 0.0167. The lowest BCUT2D eigenvalue weighted by Gasteiger charge is -2.06. The Hall–Kier alpha value is -1.35. The van der Waals surface area contributed by atoms with Crippen LogP contribution in [0, 0.1) is 0 Å². The number of anilines is 1. The second-order valence-corrected chi connectivity index (χ2v) is 4.82. The summed E-state index contributed by atoms with van der Waals surface area (Å²) in [4.78, 5) is 23.3. The Labute approximate surface area is 119 Å². The number of carbonyl (C=O) groups excluding carboxylic acids is 2. The Bertz CT molecular complexity index is 415. The molecule has 0 heterocycles. The van der Waals surface area contributed by atoms with E-state index >= 15 is 0 Å². The summed E-state index contributed by atoms with van der Waals surface area (Å²) in [5.74, 6) is 0.602. The van der Waals surface area contributed by atoms with E-state index in [1.807, 2.05) is 0 Å². The van der Waals surface area contributed by atoms with Crippen LogP contribution in [0.1, 0.15) is 49.4 Å². The molecule has 1 N–H and O–H groups in total. The molecular formula is C15H20ClNO2. The zero-order valence-corrected chi connectivity index (χ0v) is 12.0. The molecule has 4 heteroatoms. The summed E-state index contributed by atoms with van der Waals surface area (Å²) in [7, 11) is 0. The normalized spacial score (nSPS) is 10.2. The van der Waals surface area contributed by atoms with Crippen LogP contribution >= 0.6 is 11.6 Å². The van der Waals surface area contributed by atoms with Gasteiger partial charge in [-0.25, -0.2) is 0 Å². The van der Waals surface area contributed by atoms with Crippen LogP contribution in [0.25, 0.3) is 0 Å². The van der Waals surface area contributed by atoms with Crippen molar-refractivity contribution in [3.8, 4) is 0 Å². The highest BCUT2D eigenvalue weighted by Crippen LogP contribution is 2.13. The molecule has 0 atom stereocenters. The van der Waals surface area contributed by atoms with Crippen molar-refractivity contribution in [1.82, 2.24) is 0 Å². The highest BCUT2D eigenvalue weighted by Gasteiger charge is 2.06. The van der Waals surface area contributed by atoms with Crippen molar-refractivity contribution in [2.24, 2.45) is 0 Å². The number of amides is 1. The molecule has 3 nitrogen and oxygen atoms in total. The molecular weight excluding hydrogens is 262 g/mol. The van der Waals surface area contributed by atoms with E-state index < -0.39 is 0 Å². The molecule has 19 heavy (non-hydrogen) atoms. The largest absolute Gasteiger partial charge is 0.326 e. The maximum Gasteiger partial charge on any atom is 0.224 e. The average Bonchev–Trinajstić information content (AvgIpc) is 2.43. The van der Waals surface area contributed by atoms with Gasteiger partial charge in [0, 0.05) is 30.0 Å². The molecule has 0 saturated carbocycles. The Kier molecular flexibility index (Phi) is 7.19. The van der Waals surface area contributed by atoms with Gasteiger partial charge in [0.2, 0.25) is 5.91 Å². The SMILES string of the molecule is CCCCC(=O)Nc1ccc(C(=O)CCCCl)cc1. The predicted octanol–water partition coefficient (Wildman–Crippen LogP) is 4.02. The van der Waals surface area contributed by atoms with E-state index in [9.17, 15) is 9.59 Å². The Morgan fingerprint density at radius 3 is 2.37 bits per heavy atom. The fourth-order valence-corrected chi connectivity index (χ4v) is 1.81. The van der Waals surface area contributed by atoms with Crippen LogP contribution in [-0.2, 0) is 4.79 Å². The molecule has 0 aromatic heterocycles. The summed E-state index contributed by atoms with van der Waals surface area (Å²) in [6.07, 6.45) is 3.58. The number of ketones is 1. The number of alkyl halides is 1. The summed E-state index contributed by atoms with van der Waals surface area (Å²) in [6.45, 7) is 2.05. The van der Waals surface area contributed by atoms with Crippen molar-refractivity contribution in [1.29, 1.82) is 0 Å². The third-order valence-electron chi connectivity index (χ3n) is 2.79. The number of Topliss-reactive ketones (excluding diaryl/α,β-unsaturated/α-hetero) is 1. The van der Waals surface area contributed by atoms with Gasteiger partial charge in [0.25, 0.3) is 0 Å². The summed E-state index contributed by atoms with van der Waals surface area (Å²) in [6, 6.07) is 7.01. The highest BCUT2D eigenvalue weighted by molar-refractivity contribution is 6.18. The summed E-state index contributed by atoms with van der Waals surface area (Å²) in [5, 5.41) is 2.81. The van der Waals surface area contributed by atoms with Gasteiger partial charge in [-0.05, 0) is 37.1 Å². The molecule has 104 valence electrons. The molecule has 0 aliphatic carbocycles. The molecule has 1 aromatic carbocycles. The van der Waals surface area contributed by atoms with Crippen molar-refractivity contribution in [3.63, 3.8) is 0 Å². The fourth-order valence-electron chi connectivity index (χ4n) is 1.67. The second-order valence-electron chi connectivity index (χ2n) is 4.44. The molecule has 1 rings (SSSR count). The van der Waals surface area contributed by atoms with Crippen molar-refractivity contribution in [2.45, 2.75) is 39.0 Å². The molecule has 1 aromatic rings. The fraction of sp³-hybridized carbons (Fsp3) is 0.467. The van der Waals surface area contributed by atoms with Gasteiger partial charge in [0.1, 0.15) is 0 Å². The molecule has 0 fully saturated rings. The minimum Gasteiger partial charge on any atom is -0.326 e. The van der Waals surface area contributed by atoms with Gasteiger partial charge in [-0.3, -0.25) is 9.59 Å². The van der Waals surface area contributed by atoms with Gasteiger partial charge in [-0.15, -0.1) is 11.6 Å². The van der Waals surface area contributed by atoms with Gasteiger partial charge < -0.3 is 5.32 Å². The van der Waals surface area contributed by atoms with E-state index in [0.29, 0.717) is 30.7 Å². The van der Waals surface area contributed by atoms with Gasteiger partial charge >= 0.3 is 0 Å². The molecule has 0 radical (unpaired) electrons. The number of benzene rings is 1. The summed E-state index contributed by atoms with van der Waals surface area (Å²) in [5.41, 5.74) is 1.40. The maximum absolute atomic E-state index is 11.7. The van der Waals surface area contributed by atoms with Gasteiger partial charge in [0.05, 0.1) is 0 Å². The number of hydrogen-bond acceptors (Lipinski definition) is 2. The quantitative estimate of drug-likeness (QED) is 0.578. The van der Waals surface area contributed by atoms with Crippen molar-refractivity contribution < 1.29 is 9.59 Å². The lowest BCUT2D eigenvalue weighted by Crippen LogP contribution is -2.11. The second kappa shape index (κ2) is 8.70. The average molecular weight is 282 g/mol. The van der Waals surface area contributed by atoms with Gasteiger partial charge in [0.15, 0.2) is 5.78 Å². The first-order chi connectivity index (χ1) is 9.17.